The van der Waals surface area contributed by atoms with Gasteiger partial charge in [0.2, 0.25) is 10.0 Å². The normalized spacial score (nSPS) is 16.2. The zero-order valence-corrected chi connectivity index (χ0v) is 17.5. The molecule has 0 radical (unpaired) electrons. The van der Waals surface area contributed by atoms with Crippen LogP contribution in [0.15, 0.2) is 24.3 Å². The van der Waals surface area contributed by atoms with Crippen molar-refractivity contribution in [3.05, 3.63) is 29.8 Å². The Bertz CT molecular complexity index is 684. The Labute approximate surface area is 168 Å². The molecule has 1 fully saturated rings. The topological polar surface area (TPSA) is 96.5 Å². The first-order valence-electron chi connectivity index (χ1n) is 8.98. The summed E-state index contributed by atoms with van der Waals surface area (Å²) in [6.45, 7) is 4.84. The van der Waals surface area contributed by atoms with Crippen LogP contribution in [-0.2, 0) is 14.8 Å². The molecule has 0 atom stereocenters. The van der Waals surface area contributed by atoms with E-state index in [9.17, 15) is 13.2 Å². The zero-order chi connectivity index (χ0) is 19.0. The van der Waals surface area contributed by atoms with E-state index >= 15 is 0 Å². The standard InChI is InChI=1S/C18H29N3O4S.ClH/c1-3-12-26(23,24)21-16-6-4-15(5-7-16)17(22)20-13-18(14-25-2)8-10-19-11-9-18;/h4-7,19,21H,3,8-14H2,1-2H3,(H,20,22);1H. The molecule has 1 saturated heterocycles. The molecule has 9 heteroatoms. The van der Waals surface area contributed by atoms with Gasteiger partial charge in [0.25, 0.3) is 5.91 Å². The first-order chi connectivity index (χ1) is 12.4. The maximum Gasteiger partial charge on any atom is 0.251 e. The van der Waals surface area contributed by atoms with Crippen LogP contribution in [0.3, 0.4) is 0 Å². The van der Waals surface area contributed by atoms with E-state index in [0.29, 0.717) is 30.8 Å². The Hall–Kier alpha value is -1.35. The number of piperidine rings is 1. The van der Waals surface area contributed by atoms with Crippen molar-refractivity contribution >= 4 is 34.0 Å². The van der Waals surface area contributed by atoms with Gasteiger partial charge < -0.3 is 15.4 Å². The lowest BCUT2D eigenvalue weighted by Crippen LogP contribution is -2.47. The summed E-state index contributed by atoms with van der Waals surface area (Å²) in [5.74, 6) is -0.0898. The molecule has 27 heavy (non-hydrogen) atoms. The molecule has 0 saturated carbocycles. The van der Waals surface area contributed by atoms with E-state index in [2.05, 4.69) is 15.4 Å². The third kappa shape index (κ3) is 7.29. The third-order valence-corrected chi connectivity index (χ3v) is 6.12. The summed E-state index contributed by atoms with van der Waals surface area (Å²) in [6.07, 6.45) is 2.47. The van der Waals surface area contributed by atoms with E-state index in [0.717, 1.165) is 25.9 Å². The lowest BCUT2D eigenvalue weighted by molar-refractivity contribution is 0.0512. The summed E-state index contributed by atoms with van der Waals surface area (Å²) in [5.41, 5.74) is 0.930. The smallest absolute Gasteiger partial charge is 0.251 e. The van der Waals surface area contributed by atoms with Crippen molar-refractivity contribution in [2.45, 2.75) is 26.2 Å². The van der Waals surface area contributed by atoms with Crippen molar-refractivity contribution in [3.63, 3.8) is 0 Å². The fraction of sp³-hybridized carbons (Fsp3) is 0.611. The number of amides is 1. The number of methoxy groups -OCH3 is 1. The lowest BCUT2D eigenvalue weighted by Gasteiger charge is -2.37. The van der Waals surface area contributed by atoms with E-state index in [1.165, 1.54) is 0 Å². The molecule has 0 aliphatic carbocycles. The number of benzene rings is 1. The number of anilines is 1. The Morgan fingerprint density at radius 2 is 1.85 bits per heavy atom. The Morgan fingerprint density at radius 3 is 2.41 bits per heavy atom. The monoisotopic (exact) mass is 419 g/mol. The van der Waals surface area contributed by atoms with Crippen molar-refractivity contribution < 1.29 is 17.9 Å². The SMILES string of the molecule is CCCS(=O)(=O)Nc1ccc(C(=O)NCC2(COC)CCNCC2)cc1.Cl. The number of carbonyl (C=O) groups is 1. The van der Waals surface area contributed by atoms with Crippen LogP contribution < -0.4 is 15.4 Å². The average molecular weight is 420 g/mol. The molecule has 7 nitrogen and oxygen atoms in total. The quantitative estimate of drug-likeness (QED) is 0.569. The molecule has 154 valence electrons. The number of nitrogens with one attached hydrogen (secondary N) is 3. The van der Waals surface area contributed by atoms with Crippen molar-refractivity contribution in [1.29, 1.82) is 0 Å². The number of hydrogen-bond acceptors (Lipinski definition) is 5. The highest BCUT2D eigenvalue weighted by molar-refractivity contribution is 7.92. The van der Waals surface area contributed by atoms with Crippen LogP contribution in [0.2, 0.25) is 0 Å². The summed E-state index contributed by atoms with van der Waals surface area (Å²) >= 11 is 0. The Morgan fingerprint density at radius 1 is 1.22 bits per heavy atom. The van der Waals surface area contributed by atoms with Gasteiger partial charge in [0, 0.05) is 30.3 Å². The fourth-order valence-electron chi connectivity index (χ4n) is 3.19. The second kappa shape index (κ2) is 10.8. The van der Waals surface area contributed by atoms with Crippen molar-refractivity contribution in [1.82, 2.24) is 10.6 Å². The van der Waals surface area contributed by atoms with Gasteiger partial charge in [0.15, 0.2) is 0 Å². The maximum atomic E-state index is 12.4. The van der Waals surface area contributed by atoms with Crippen LogP contribution in [0.4, 0.5) is 5.69 Å². The molecule has 0 aromatic heterocycles. The fourth-order valence-corrected chi connectivity index (χ4v) is 4.33. The summed E-state index contributed by atoms with van der Waals surface area (Å²) in [5, 5.41) is 6.32. The van der Waals surface area contributed by atoms with E-state index < -0.39 is 10.0 Å². The van der Waals surface area contributed by atoms with Crippen LogP contribution in [0.25, 0.3) is 0 Å². The van der Waals surface area contributed by atoms with Gasteiger partial charge in [-0.2, -0.15) is 0 Å². The first-order valence-corrected chi connectivity index (χ1v) is 10.6. The molecular formula is C18H30ClN3O4S. The van der Waals surface area contributed by atoms with Gasteiger partial charge in [-0.05, 0) is 56.6 Å². The molecule has 1 amide bonds. The van der Waals surface area contributed by atoms with Crippen LogP contribution in [0.5, 0.6) is 0 Å². The van der Waals surface area contributed by atoms with Crippen LogP contribution in [0.1, 0.15) is 36.5 Å². The Kier molecular flexibility index (Phi) is 9.52. The van der Waals surface area contributed by atoms with E-state index in [1.54, 1.807) is 31.4 Å². The van der Waals surface area contributed by atoms with Crippen LogP contribution >= 0.6 is 12.4 Å². The third-order valence-electron chi connectivity index (χ3n) is 4.63. The molecule has 0 bridgehead atoms. The highest BCUT2D eigenvalue weighted by Crippen LogP contribution is 2.28. The second-order valence-corrected chi connectivity index (χ2v) is 8.71. The number of halogens is 1. The molecule has 1 aromatic carbocycles. The van der Waals surface area contributed by atoms with Gasteiger partial charge >= 0.3 is 0 Å². The minimum absolute atomic E-state index is 0. The molecule has 0 spiro atoms. The molecule has 1 aliphatic heterocycles. The molecule has 2 rings (SSSR count). The molecule has 1 aromatic rings. The summed E-state index contributed by atoms with van der Waals surface area (Å²) in [7, 11) is -1.64. The summed E-state index contributed by atoms with van der Waals surface area (Å²) < 4.78 is 31.4. The van der Waals surface area contributed by atoms with Crippen LogP contribution in [0, 0.1) is 5.41 Å². The molecular weight excluding hydrogens is 390 g/mol. The number of ether oxygens (including phenoxy) is 1. The van der Waals surface area contributed by atoms with Gasteiger partial charge in [0.05, 0.1) is 12.4 Å². The molecule has 3 N–H and O–H groups in total. The van der Waals surface area contributed by atoms with Gasteiger partial charge in [-0.3, -0.25) is 9.52 Å². The number of carbonyl (C=O) groups excluding carboxylic acids is 1. The zero-order valence-electron chi connectivity index (χ0n) is 15.9. The second-order valence-electron chi connectivity index (χ2n) is 6.86. The highest BCUT2D eigenvalue weighted by Gasteiger charge is 2.32. The first kappa shape index (κ1) is 23.7. The summed E-state index contributed by atoms with van der Waals surface area (Å²) in [6, 6.07) is 6.48. The number of hydrogen-bond donors (Lipinski definition) is 3. The Balaban J connectivity index is 0.00000364. The summed E-state index contributed by atoms with van der Waals surface area (Å²) in [4.78, 5) is 12.4. The van der Waals surface area contributed by atoms with E-state index in [-0.39, 0.29) is 29.5 Å². The average Bonchev–Trinajstić information content (AvgIpc) is 2.61. The molecule has 1 aliphatic rings. The van der Waals surface area contributed by atoms with Crippen LogP contribution in [-0.4, -0.2) is 53.4 Å². The number of rotatable bonds is 9. The largest absolute Gasteiger partial charge is 0.384 e. The molecule has 0 unspecified atom stereocenters. The van der Waals surface area contributed by atoms with E-state index in [4.69, 9.17) is 4.74 Å². The van der Waals surface area contributed by atoms with Gasteiger partial charge in [-0.15, -0.1) is 12.4 Å². The predicted octanol–water partition coefficient (Wildman–Crippen LogP) is 2.01. The highest BCUT2D eigenvalue weighted by atomic mass is 35.5. The lowest BCUT2D eigenvalue weighted by atomic mass is 9.79. The van der Waals surface area contributed by atoms with Crippen molar-refractivity contribution in [3.8, 4) is 0 Å². The van der Waals surface area contributed by atoms with Crippen molar-refractivity contribution in [2.24, 2.45) is 5.41 Å². The van der Waals surface area contributed by atoms with Gasteiger partial charge in [-0.1, -0.05) is 6.92 Å². The van der Waals surface area contributed by atoms with Gasteiger partial charge in [-0.25, -0.2) is 8.42 Å². The minimum atomic E-state index is -3.33. The van der Waals surface area contributed by atoms with Crippen molar-refractivity contribution in [2.75, 3.05) is 43.8 Å². The molecule has 1 heterocycles. The minimum Gasteiger partial charge on any atom is -0.384 e. The van der Waals surface area contributed by atoms with E-state index in [1.807, 2.05) is 6.92 Å². The predicted molar refractivity (Wildman–Crippen MR) is 110 cm³/mol. The number of sulfonamides is 1. The van der Waals surface area contributed by atoms with Gasteiger partial charge in [0.1, 0.15) is 0 Å². The maximum absolute atomic E-state index is 12.4.